The van der Waals surface area contributed by atoms with Crippen LogP contribution in [0.1, 0.15) is 343 Å². The largest absolute Gasteiger partial charge is 0.472 e. The van der Waals surface area contributed by atoms with Gasteiger partial charge in [0.05, 0.1) is 26.4 Å². The van der Waals surface area contributed by atoms with Crippen molar-refractivity contribution in [1.82, 2.24) is 0 Å². The van der Waals surface area contributed by atoms with Crippen molar-refractivity contribution in [2.75, 3.05) is 39.6 Å². The van der Waals surface area contributed by atoms with Crippen LogP contribution in [0.4, 0.5) is 0 Å². The van der Waals surface area contributed by atoms with Crippen LogP contribution in [0.3, 0.4) is 0 Å². The highest BCUT2D eigenvalue weighted by molar-refractivity contribution is 7.47. The number of aliphatic hydroxyl groups excluding tert-OH is 1. The van der Waals surface area contributed by atoms with Crippen molar-refractivity contribution in [3.63, 3.8) is 0 Å². The van der Waals surface area contributed by atoms with E-state index >= 15 is 0 Å². The summed E-state index contributed by atoms with van der Waals surface area (Å²) in [7, 11) is -9.89. The first kappa shape index (κ1) is 85.1. The van der Waals surface area contributed by atoms with Crippen LogP contribution in [-0.4, -0.2) is 96.7 Å². The molecule has 0 aromatic carbocycles. The Morgan fingerprint density at radius 2 is 0.529 bits per heavy atom. The number of rotatable bonds is 67. The lowest BCUT2D eigenvalue weighted by Crippen LogP contribution is -2.30. The average Bonchev–Trinajstić information content (AvgIpc) is 3.63. The number of unbranched alkanes of at least 4 members (excludes halogenated alkanes) is 37. The number of phosphoric ester groups is 2. The highest BCUT2D eigenvalue weighted by Gasteiger charge is 2.30. The molecule has 0 spiro atoms. The molecule has 0 saturated carbocycles. The van der Waals surface area contributed by atoms with Gasteiger partial charge < -0.3 is 33.8 Å². The Morgan fingerprint density at radius 3 is 0.782 bits per heavy atom. The molecular formula is C68H132O17P2. The molecule has 0 heterocycles. The van der Waals surface area contributed by atoms with Gasteiger partial charge in [-0.05, 0) is 37.5 Å². The zero-order valence-electron chi connectivity index (χ0n) is 56.3. The van der Waals surface area contributed by atoms with Crippen molar-refractivity contribution in [3.05, 3.63) is 0 Å². The molecule has 19 heteroatoms. The van der Waals surface area contributed by atoms with E-state index in [1.807, 2.05) is 0 Å². The Balaban J connectivity index is 5.19. The Morgan fingerprint density at radius 1 is 0.310 bits per heavy atom. The second-order valence-corrected chi connectivity index (χ2v) is 28.4. The predicted molar refractivity (Wildman–Crippen MR) is 349 cm³/mol. The zero-order chi connectivity index (χ0) is 64.3. The van der Waals surface area contributed by atoms with Gasteiger partial charge in [0.1, 0.15) is 19.3 Å². The molecular weight excluding hydrogens is 1150 g/mol. The number of carbonyl (C=O) groups is 4. The van der Waals surface area contributed by atoms with Crippen molar-refractivity contribution < 1.29 is 80.2 Å². The Hall–Kier alpha value is -1.94. The smallest absolute Gasteiger partial charge is 0.462 e. The van der Waals surface area contributed by atoms with Gasteiger partial charge in [-0.1, -0.05) is 292 Å². The van der Waals surface area contributed by atoms with E-state index in [4.69, 9.17) is 37.0 Å². The molecule has 0 aliphatic carbocycles. The van der Waals surface area contributed by atoms with Gasteiger partial charge in [-0.25, -0.2) is 9.13 Å². The molecule has 0 bridgehead atoms. The van der Waals surface area contributed by atoms with Crippen LogP contribution < -0.4 is 0 Å². The van der Waals surface area contributed by atoms with Gasteiger partial charge in [0.25, 0.3) is 0 Å². The average molecular weight is 1280 g/mol. The van der Waals surface area contributed by atoms with Gasteiger partial charge in [0, 0.05) is 25.7 Å². The maximum atomic E-state index is 13.0. The third-order valence-corrected chi connectivity index (χ3v) is 17.6. The molecule has 5 atom stereocenters. The lowest BCUT2D eigenvalue weighted by atomic mass is 10.0. The molecule has 0 amide bonds. The molecule has 3 N–H and O–H groups in total. The highest BCUT2D eigenvalue weighted by Crippen LogP contribution is 2.45. The summed E-state index contributed by atoms with van der Waals surface area (Å²) in [6.45, 7) is 9.50. The Kier molecular flexibility index (Phi) is 59.0. The van der Waals surface area contributed by atoms with Crippen molar-refractivity contribution >= 4 is 39.5 Å². The predicted octanol–water partition coefficient (Wildman–Crippen LogP) is 19.2. The molecule has 0 rings (SSSR count). The number of hydrogen-bond donors (Lipinski definition) is 3. The number of esters is 4. The van der Waals surface area contributed by atoms with Crippen LogP contribution in [0.25, 0.3) is 0 Å². The van der Waals surface area contributed by atoms with Crippen LogP contribution in [0.15, 0.2) is 0 Å². The van der Waals surface area contributed by atoms with Crippen LogP contribution in [0.5, 0.6) is 0 Å². The molecule has 0 aliphatic rings. The standard InChI is InChI=1S/C68H132O17P2/c1-7-9-11-13-15-32-38-44-50-65(70)78-56-63(84-67(72)52-46-40-33-16-14-12-10-8-2)58-82-86(74,75)80-54-62(69)55-81-87(76,77)83-59-64(57-79-66(71)51-45-39-34-28-25-21-23-27-31-37-43-49-61(5)6)85-68(73)53-47-41-35-29-24-20-18-17-19-22-26-30-36-42-48-60(3)4/h60-64,69H,7-59H2,1-6H3,(H,74,75)(H,76,77)/t62-,63+,64+/m0/s1. The molecule has 0 radical (unpaired) electrons. The molecule has 0 aromatic rings. The van der Waals surface area contributed by atoms with Crippen molar-refractivity contribution in [2.24, 2.45) is 11.8 Å². The summed E-state index contributed by atoms with van der Waals surface area (Å²) >= 11 is 0. The van der Waals surface area contributed by atoms with Crippen molar-refractivity contribution in [3.8, 4) is 0 Å². The molecule has 0 saturated heterocycles. The molecule has 17 nitrogen and oxygen atoms in total. The van der Waals surface area contributed by atoms with Crippen LogP contribution in [-0.2, 0) is 65.4 Å². The van der Waals surface area contributed by atoms with Crippen molar-refractivity contribution in [2.45, 2.75) is 362 Å². The van der Waals surface area contributed by atoms with E-state index in [1.54, 1.807) is 0 Å². The van der Waals surface area contributed by atoms with Crippen LogP contribution in [0, 0.1) is 11.8 Å². The third-order valence-electron chi connectivity index (χ3n) is 15.7. The van der Waals surface area contributed by atoms with Gasteiger partial charge in [-0.2, -0.15) is 0 Å². The van der Waals surface area contributed by atoms with Gasteiger partial charge in [-0.3, -0.25) is 37.3 Å². The fraction of sp³-hybridized carbons (Fsp3) is 0.941. The summed E-state index contributed by atoms with van der Waals surface area (Å²) < 4.78 is 68.1. The first-order valence-corrected chi connectivity index (χ1v) is 38.5. The van der Waals surface area contributed by atoms with E-state index in [2.05, 4.69) is 41.5 Å². The first-order chi connectivity index (χ1) is 41.9. The molecule has 2 unspecified atom stereocenters. The van der Waals surface area contributed by atoms with Crippen molar-refractivity contribution in [1.29, 1.82) is 0 Å². The Bertz CT molecular complexity index is 1700. The van der Waals surface area contributed by atoms with Gasteiger partial charge in [0.15, 0.2) is 12.2 Å². The number of ether oxygens (including phenoxy) is 4. The summed E-state index contributed by atoms with van der Waals surface area (Å²) in [5.74, 6) is -0.565. The molecule has 516 valence electrons. The second-order valence-electron chi connectivity index (χ2n) is 25.5. The summed E-state index contributed by atoms with van der Waals surface area (Å²) in [4.78, 5) is 72.3. The maximum Gasteiger partial charge on any atom is 0.472 e. The highest BCUT2D eigenvalue weighted by atomic mass is 31.2. The van der Waals surface area contributed by atoms with E-state index in [-0.39, 0.29) is 25.7 Å². The number of phosphoric acid groups is 2. The molecule has 0 fully saturated rings. The fourth-order valence-corrected chi connectivity index (χ4v) is 11.8. The minimum absolute atomic E-state index is 0.105. The molecule has 87 heavy (non-hydrogen) atoms. The van der Waals surface area contributed by atoms with Gasteiger partial charge >= 0.3 is 39.5 Å². The molecule has 0 aromatic heterocycles. The monoisotopic (exact) mass is 1280 g/mol. The van der Waals surface area contributed by atoms with Gasteiger partial charge in [-0.15, -0.1) is 0 Å². The molecule has 0 aliphatic heterocycles. The lowest BCUT2D eigenvalue weighted by molar-refractivity contribution is -0.161. The van der Waals surface area contributed by atoms with Gasteiger partial charge in [0.2, 0.25) is 0 Å². The number of hydrogen-bond acceptors (Lipinski definition) is 15. The second kappa shape index (κ2) is 60.3. The van der Waals surface area contributed by atoms with E-state index in [1.165, 1.54) is 148 Å². The quantitative estimate of drug-likeness (QED) is 0.0222. The fourth-order valence-electron chi connectivity index (χ4n) is 10.2. The van der Waals surface area contributed by atoms with E-state index in [0.29, 0.717) is 25.7 Å². The lowest BCUT2D eigenvalue weighted by Gasteiger charge is -2.21. The maximum absolute atomic E-state index is 13.0. The minimum Gasteiger partial charge on any atom is -0.462 e. The summed E-state index contributed by atoms with van der Waals surface area (Å²) in [5.41, 5.74) is 0. The number of carbonyl (C=O) groups excluding carboxylic acids is 4. The third kappa shape index (κ3) is 62.6. The minimum atomic E-state index is -4.95. The summed E-state index contributed by atoms with van der Waals surface area (Å²) in [6, 6.07) is 0. The SMILES string of the molecule is CCCCCCCCCCC(=O)OC[C@H](COP(=O)(O)OC[C@H](O)COP(=O)(O)OC[C@@H](COC(=O)CCCCCCCCCCCCCC(C)C)OC(=O)CCCCCCCCCCCCCCCCC(C)C)OC(=O)CCCCCCCCCC. The van der Waals surface area contributed by atoms with E-state index < -0.39 is 97.5 Å². The zero-order valence-corrected chi connectivity index (χ0v) is 58.1. The topological polar surface area (TPSA) is 237 Å². The first-order valence-electron chi connectivity index (χ1n) is 35.5. The number of aliphatic hydroxyl groups is 1. The Labute approximate surface area is 530 Å². The normalized spacial score (nSPS) is 14.2. The van der Waals surface area contributed by atoms with E-state index in [9.17, 15) is 43.2 Å². The van der Waals surface area contributed by atoms with Crippen LogP contribution in [0.2, 0.25) is 0 Å². The summed E-state index contributed by atoms with van der Waals surface area (Å²) in [6.07, 6.45) is 44.5. The van der Waals surface area contributed by atoms with Crippen LogP contribution >= 0.6 is 15.6 Å². The van der Waals surface area contributed by atoms with E-state index in [0.717, 1.165) is 115 Å². The summed E-state index contributed by atoms with van der Waals surface area (Å²) in [5, 5.41) is 10.5.